The maximum atomic E-state index is 13.0. The van der Waals surface area contributed by atoms with E-state index in [1.165, 1.54) is 0 Å². The Balaban J connectivity index is 1.56. The van der Waals surface area contributed by atoms with Crippen molar-refractivity contribution in [1.82, 2.24) is 4.98 Å². The van der Waals surface area contributed by atoms with Crippen LogP contribution in [-0.2, 0) is 22.4 Å². The first-order valence-corrected chi connectivity index (χ1v) is 11.1. The molecule has 0 aliphatic heterocycles. The summed E-state index contributed by atoms with van der Waals surface area (Å²) in [6.45, 7) is 3.73. The molecule has 0 aliphatic carbocycles. The number of aryl methyl sites for hydroxylation is 2. The molecule has 0 aliphatic rings. The number of nitrogens with one attached hydrogen (secondary N) is 1. The molecular weight excluding hydrogens is 412 g/mol. The number of carbonyl (C=O) groups is 2. The van der Waals surface area contributed by atoms with Crippen LogP contribution in [0.1, 0.15) is 35.3 Å². The van der Waals surface area contributed by atoms with Gasteiger partial charge in [0.1, 0.15) is 0 Å². The molecule has 0 saturated carbocycles. The van der Waals surface area contributed by atoms with Gasteiger partial charge < -0.3 is 10.1 Å². The Morgan fingerprint density at radius 2 is 1.52 bits per heavy atom. The summed E-state index contributed by atoms with van der Waals surface area (Å²) in [5, 5.41) is 3.62. The number of ether oxygens (including phenoxy) is 1. The van der Waals surface area contributed by atoms with E-state index in [4.69, 9.17) is 9.72 Å². The van der Waals surface area contributed by atoms with Gasteiger partial charge in [-0.3, -0.25) is 4.79 Å². The molecular formula is C28H26N2O3. The van der Waals surface area contributed by atoms with E-state index in [2.05, 4.69) is 5.32 Å². The lowest BCUT2D eigenvalue weighted by molar-refractivity contribution is -0.119. The smallest absolute Gasteiger partial charge is 0.339 e. The average molecular weight is 439 g/mol. The highest BCUT2D eigenvalue weighted by Gasteiger charge is 2.17. The highest BCUT2D eigenvalue weighted by Crippen LogP contribution is 2.26. The van der Waals surface area contributed by atoms with Gasteiger partial charge in [0.25, 0.3) is 5.91 Å². The number of aromatic nitrogens is 1. The number of esters is 1. The molecule has 1 heterocycles. The number of benzene rings is 3. The first-order chi connectivity index (χ1) is 16.1. The van der Waals surface area contributed by atoms with Gasteiger partial charge in [0.2, 0.25) is 0 Å². The van der Waals surface area contributed by atoms with Gasteiger partial charge in [-0.25, -0.2) is 9.78 Å². The molecule has 33 heavy (non-hydrogen) atoms. The summed E-state index contributed by atoms with van der Waals surface area (Å²) >= 11 is 0. The first-order valence-electron chi connectivity index (χ1n) is 11.1. The second-order valence-electron chi connectivity index (χ2n) is 7.72. The standard InChI is InChI=1S/C28H26N2O3/c1-3-19-13-10-14-20(4-2)27(19)30-26(31)18-33-28(32)23-17-25(21-11-6-5-7-12-21)29-24-16-9-8-15-22(23)24/h5-17H,3-4,18H2,1-2H3,(H,30,31). The minimum atomic E-state index is -0.555. The van der Waals surface area contributed by atoms with E-state index in [1.54, 1.807) is 6.07 Å². The molecule has 4 rings (SSSR count). The Bertz CT molecular complexity index is 1280. The van der Waals surface area contributed by atoms with Gasteiger partial charge in [-0.1, -0.05) is 80.6 Å². The zero-order valence-corrected chi connectivity index (χ0v) is 18.8. The van der Waals surface area contributed by atoms with E-state index in [1.807, 2.05) is 86.6 Å². The van der Waals surface area contributed by atoms with E-state index >= 15 is 0 Å². The summed E-state index contributed by atoms with van der Waals surface area (Å²) in [5.41, 5.74) is 5.58. The fourth-order valence-electron chi connectivity index (χ4n) is 3.89. The van der Waals surface area contributed by atoms with Crippen molar-refractivity contribution in [3.05, 3.63) is 95.6 Å². The first kappa shape index (κ1) is 22.2. The molecule has 1 amide bonds. The summed E-state index contributed by atoms with van der Waals surface area (Å²) in [5.74, 6) is -0.916. The molecule has 3 aromatic carbocycles. The average Bonchev–Trinajstić information content (AvgIpc) is 2.87. The van der Waals surface area contributed by atoms with Crippen LogP contribution in [0.3, 0.4) is 0 Å². The highest BCUT2D eigenvalue weighted by molar-refractivity contribution is 6.05. The number of hydrogen-bond acceptors (Lipinski definition) is 4. The molecule has 0 bridgehead atoms. The number of anilines is 1. The Kier molecular flexibility index (Phi) is 6.79. The fourth-order valence-corrected chi connectivity index (χ4v) is 3.89. The van der Waals surface area contributed by atoms with Crippen molar-refractivity contribution in [2.75, 3.05) is 11.9 Å². The number of fused-ring (bicyclic) bond motifs is 1. The number of para-hydroxylation sites is 2. The number of carbonyl (C=O) groups excluding carboxylic acids is 2. The van der Waals surface area contributed by atoms with Gasteiger partial charge in [0.05, 0.1) is 16.8 Å². The number of nitrogens with zero attached hydrogens (tertiary/aromatic N) is 1. The van der Waals surface area contributed by atoms with Crippen LogP contribution in [0.15, 0.2) is 78.9 Å². The second kappa shape index (κ2) is 10.1. The lowest BCUT2D eigenvalue weighted by Gasteiger charge is -2.15. The molecule has 0 atom stereocenters. The van der Waals surface area contributed by atoms with Crippen LogP contribution in [-0.4, -0.2) is 23.5 Å². The number of hydrogen-bond donors (Lipinski definition) is 1. The molecule has 1 aromatic heterocycles. The van der Waals surface area contributed by atoms with Crippen molar-refractivity contribution >= 4 is 28.5 Å². The fraction of sp³-hybridized carbons (Fsp3) is 0.179. The molecule has 0 saturated heterocycles. The summed E-state index contributed by atoms with van der Waals surface area (Å²) in [4.78, 5) is 30.3. The molecule has 5 nitrogen and oxygen atoms in total. The van der Waals surface area contributed by atoms with E-state index in [0.717, 1.165) is 35.2 Å². The summed E-state index contributed by atoms with van der Waals surface area (Å²) in [6.07, 6.45) is 1.60. The van der Waals surface area contributed by atoms with E-state index < -0.39 is 5.97 Å². The van der Waals surface area contributed by atoms with Gasteiger partial charge in [-0.2, -0.15) is 0 Å². The van der Waals surface area contributed by atoms with Crippen LogP contribution in [0, 0.1) is 0 Å². The summed E-state index contributed by atoms with van der Waals surface area (Å²) in [7, 11) is 0. The van der Waals surface area contributed by atoms with Crippen LogP contribution in [0.5, 0.6) is 0 Å². The predicted molar refractivity (Wildman–Crippen MR) is 131 cm³/mol. The summed E-state index contributed by atoms with van der Waals surface area (Å²) < 4.78 is 5.43. The van der Waals surface area contributed by atoms with Crippen molar-refractivity contribution in [3.63, 3.8) is 0 Å². The maximum absolute atomic E-state index is 13.0. The monoisotopic (exact) mass is 438 g/mol. The topological polar surface area (TPSA) is 68.3 Å². The minimum Gasteiger partial charge on any atom is -0.452 e. The molecule has 0 unspecified atom stereocenters. The molecule has 1 N–H and O–H groups in total. The molecule has 166 valence electrons. The van der Waals surface area contributed by atoms with Gasteiger partial charge in [0, 0.05) is 16.6 Å². The minimum absolute atomic E-state index is 0.361. The van der Waals surface area contributed by atoms with Crippen LogP contribution >= 0.6 is 0 Å². The lowest BCUT2D eigenvalue weighted by Crippen LogP contribution is -2.22. The third kappa shape index (κ3) is 4.93. The zero-order valence-electron chi connectivity index (χ0n) is 18.8. The van der Waals surface area contributed by atoms with E-state index in [0.29, 0.717) is 22.2 Å². The molecule has 4 aromatic rings. The van der Waals surface area contributed by atoms with Crippen LogP contribution in [0.25, 0.3) is 22.2 Å². The Morgan fingerprint density at radius 1 is 0.848 bits per heavy atom. The highest BCUT2D eigenvalue weighted by atomic mass is 16.5. The van der Waals surface area contributed by atoms with Gasteiger partial charge in [-0.05, 0) is 36.1 Å². The van der Waals surface area contributed by atoms with Crippen LogP contribution < -0.4 is 5.32 Å². The van der Waals surface area contributed by atoms with Crippen LogP contribution in [0.2, 0.25) is 0 Å². The van der Waals surface area contributed by atoms with E-state index in [9.17, 15) is 9.59 Å². The molecule has 5 heteroatoms. The van der Waals surface area contributed by atoms with Crippen molar-refractivity contribution in [3.8, 4) is 11.3 Å². The van der Waals surface area contributed by atoms with Crippen molar-refractivity contribution < 1.29 is 14.3 Å². The van der Waals surface area contributed by atoms with Gasteiger partial charge >= 0.3 is 5.97 Å². The quantitative estimate of drug-likeness (QED) is 0.369. The third-order valence-electron chi connectivity index (χ3n) is 5.60. The third-order valence-corrected chi connectivity index (χ3v) is 5.60. The predicted octanol–water partition coefficient (Wildman–Crippen LogP) is 5.82. The van der Waals surface area contributed by atoms with E-state index in [-0.39, 0.29) is 12.5 Å². The molecule has 0 radical (unpaired) electrons. The maximum Gasteiger partial charge on any atom is 0.339 e. The number of rotatable bonds is 7. The zero-order chi connectivity index (χ0) is 23.2. The molecule has 0 fully saturated rings. The van der Waals surface area contributed by atoms with Gasteiger partial charge in [0.15, 0.2) is 6.61 Å². The van der Waals surface area contributed by atoms with Crippen molar-refractivity contribution in [1.29, 1.82) is 0 Å². The molecule has 0 spiro atoms. The second-order valence-corrected chi connectivity index (χ2v) is 7.72. The number of amides is 1. The lowest BCUT2D eigenvalue weighted by atomic mass is 10.0. The van der Waals surface area contributed by atoms with Crippen LogP contribution in [0.4, 0.5) is 5.69 Å². The van der Waals surface area contributed by atoms with Crippen molar-refractivity contribution in [2.24, 2.45) is 0 Å². The largest absolute Gasteiger partial charge is 0.452 e. The Labute approximate surface area is 193 Å². The normalized spacial score (nSPS) is 10.7. The SMILES string of the molecule is CCc1cccc(CC)c1NC(=O)COC(=O)c1cc(-c2ccccc2)nc2ccccc12. The number of pyridine rings is 1. The summed E-state index contributed by atoms with van der Waals surface area (Å²) in [6, 6.07) is 24.8. The van der Waals surface area contributed by atoms with Crippen molar-refractivity contribution in [2.45, 2.75) is 26.7 Å². The Hall–Kier alpha value is -3.99. The van der Waals surface area contributed by atoms with Gasteiger partial charge in [-0.15, -0.1) is 0 Å². The Morgan fingerprint density at radius 3 is 2.21 bits per heavy atom.